The van der Waals surface area contributed by atoms with Crippen LogP contribution in [0.4, 0.5) is 10.8 Å². The number of carbonyl (C=O) groups excluding carboxylic acids is 1. The van der Waals surface area contributed by atoms with Crippen molar-refractivity contribution in [3.05, 3.63) is 64.2 Å². The first-order chi connectivity index (χ1) is 12.1. The van der Waals surface area contributed by atoms with Gasteiger partial charge in [-0.1, -0.05) is 17.4 Å². The van der Waals surface area contributed by atoms with Crippen molar-refractivity contribution in [2.24, 2.45) is 0 Å². The van der Waals surface area contributed by atoms with Crippen molar-refractivity contribution < 1.29 is 14.5 Å². The van der Waals surface area contributed by atoms with Crippen molar-refractivity contribution in [3.8, 4) is 5.75 Å². The second-order valence-corrected chi connectivity index (χ2v) is 6.03. The molecule has 126 valence electrons. The number of rotatable bonds is 5. The zero-order chi connectivity index (χ0) is 17.8. The molecule has 0 radical (unpaired) electrons. The van der Waals surface area contributed by atoms with Crippen molar-refractivity contribution >= 4 is 44.4 Å². The number of nitro benzene ring substituents is 1. The van der Waals surface area contributed by atoms with Gasteiger partial charge in [0.15, 0.2) is 5.13 Å². The molecule has 0 saturated heterocycles. The fourth-order valence-corrected chi connectivity index (χ4v) is 3.05. The Morgan fingerprint density at radius 3 is 2.72 bits per heavy atom. The Balaban J connectivity index is 1.71. The van der Waals surface area contributed by atoms with Crippen LogP contribution < -0.4 is 10.1 Å². The molecule has 0 fully saturated rings. The zero-order valence-electron chi connectivity index (χ0n) is 13.1. The van der Waals surface area contributed by atoms with Gasteiger partial charge in [0.25, 0.3) is 5.69 Å². The molecule has 0 saturated carbocycles. The molecule has 8 heteroatoms. The number of para-hydroxylation sites is 1. The van der Waals surface area contributed by atoms with E-state index in [-0.39, 0.29) is 11.6 Å². The number of thiazole rings is 1. The maximum absolute atomic E-state index is 12.0. The number of methoxy groups -OCH3 is 1. The van der Waals surface area contributed by atoms with Crippen LogP contribution in [0.15, 0.2) is 48.5 Å². The van der Waals surface area contributed by atoms with Crippen molar-refractivity contribution in [1.29, 1.82) is 0 Å². The third-order valence-electron chi connectivity index (χ3n) is 3.36. The van der Waals surface area contributed by atoms with Crippen molar-refractivity contribution in [2.45, 2.75) is 0 Å². The zero-order valence-corrected chi connectivity index (χ0v) is 13.9. The quantitative estimate of drug-likeness (QED) is 0.426. The molecule has 0 aliphatic carbocycles. The minimum Gasteiger partial charge on any atom is -0.494 e. The Kier molecular flexibility index (Phi) is 4.71. The maximum Gasteiger partial charge on any atom is 0.269 e. The molecule has 1 amide bonds. The normalized spacial score (nSPS) is 10.9. The maximum atomic E-state index is 12.0. The van der Waals surface area contributed by atoms with Crippen molar-refractivity contribution in [2.75, 3.05) is 12.4 Å². The fraction of sp³-hybridized carbons (Fsp3) is 0.0588. The number of nitrogens with zero attached hydrogens (tertiary/aromatic N) is 2. The first-order valence-electron chi connectivity index (χ1n) is 7.24. The number of hydrogen-bond acceptors (Lipinski definition) is 6. The van der Waals surface area contributed by atoms with Crippen LogP contribution in [0.1, 0.15) is 5.56 Å². The Hall–Kier alpha value is -3.26. The fourth-order valence-electron chi connectivity index (χ4n) is 2.17. The second-order valence-electron chi connectivity index (χ2n) is 5.00. The summed E-state index contributed by atoms with van der Waals surface area (Å²) in [5.74, 6) is 0.312. The lowest BCUT2D eigenvalue weighted by atomic mass is 10.2. The van der Waals surface area contributed by atoms with Crippen LogP contribution in [0.2, 0.25) is 0 Å². The van der Waals surface area contributed by atoms with Gasteiger partial charge in [0.05, 0.1) is 16.7 Å². The number of benzene rings is 2. The van der Waals surface area contributed by atoms with Crippen molar-refractivity contribution in [1.82, 2.24) is 4.98 Å². The molecule has 0 atom stereocenters. The van der Waals surface area contributed by atoms with E-state index in [9.17, 15) is 14.9 Å². The lowest BCUT2D eigenvalue weighted by Crippen LogP contribution is -2.07. The number of aromatic nitrogens is 1. The topological polar surface area (TPSA) is 94.4 Å². The number of fused-ring (bicyclic) bond motifs is 1. The molecule has 0 bridgehead atoms. The first kappa shape index (κ1) is 16.6. The summed E-state index contributed by atoms with van der Waals surface area (Å²) in [6, 6.07) is 11.5. The molecule has 25 heavy (non-hydrogen) atoms. The van der Waals surface area contributed by atoms with E-state index in [1.54, 1.807) is 25.3 Å². The van der Waals surface area contributed by atoms with Crippen molar-refractivity contribution in [3.63, 3.8) is 0 Å². The van der Waals surface area contributed by atoms with Crippen LogP contribution in [0.5, 0.6) is 5.75 Å². The van der Waals surface area contributed by atoms with E-state index < -0.39 is 4.92 Å². The van der Waals surface area contributed by atoms with E-state index in [4.69, 9.17) is 4.74 Å². The summed E-state index contributed by atoms with van der Waals surface area (Å²) in [4.78, 5) is 26.5. The van der Waals surface area contributed by atoms with E-state index >= 15 is 0 Å². The number of non-ortho nitro benzene ring substituents is 1. The average Bonchev–Trinajstić information content (AvgIpc) is 3.02. The van der Waals surface area contributed by atoms with Crippen LogP contribution in [-0.2, 0) is 4.79 Å². The summed E-state index contributed by atoms with van der Waals surface area (Å²) in [6.45, 7) is 0. The van der Waals surface area contributed by atoms with Gasteiger partial charge in [-0.3, -0.25) is 20.2 Å². The van der Waals surface area contributed by atoms with E-state index in [2.05, 4.69) is 10.3 Å². The van der Waals surface area contributed by atoms with Crippen LogP contribution in [0, 0.1) is 10.1 Å². The highest BCUT2D eigenvalue weighted by Crippen LogP contribution is 2.32. The molecule has 0 spiro atoms. The molecule has 0 aliphatic heterocycles. The third-order valence-corrected chi connectivity index (χ3v) is 4.30. The number of amides is 1. The standard InChI is InChI=1S/C17H13N3O4S/c1-24-13-3-2-4-14-16(13)19-17(25-14)18-15(21)10-7-11-5-8-12(9-6-11)20(22)23/h2-10H,1H3,(H,18,19,21)/b10-7-. The summed E-state index contributed by atoms with van der Waals surface area (Å²) in [5, 5.41) is 13.8. The number of hydrogen-bond donors (Lipinski definition) is 1. The highest BCUT2D eigenvalue weighted by atomic mass is 32.1. The molecule has 3 rings (SSSR count). The van der Waals surface area contributed by atoms with Gasteiger partial charge in [-0.25, -0.2) is 4.98 Å². The summed E-state index contributed by atoms with van der Waals surface area (Å²) in [6.07, 6.45) is 2.93. The van der Waals surface area contributed by atoms with Gasteiger partial charge in [0, 0.05) is 18.2 Å². The number of nitro groups is 1. The second kappa shape index (κ2) is 7.10. The number of carbonyl (C=O) groups is 1. The third kappa shape index (κ3) is 3.81. The summed E-state index contributed by atoms with van der Waals surface area (Å²) < 4.78 is 6.16. The van der Waals surface area contributed by atoms with E-state index in [1.807, 2.05) is 18.2 Å². The molecule has 0 unspecified atom stereocenters. The number of anilines is 1. The lowest BCUT2D eigenvalue weighted by Gasteiger charge is -1.98. The molecular formula is C17H13N3O4S. The highest BCUT2D eigenvalue weighted by Gasteiger charge is 2.09. The van der Waals surface area contributed by atoms with Gasteiger partial charge < -0.3 is 4.74 Å². The van der Waals surface area contributed by atoms with Crippen LogP contribution in [0.3, 0.4) is 0 Å². The minimum atomic E-state index is -0.471. The Labute approximate surface area is 146 Å². The summed E-state index contributed by atoms with van der Waals surface area (Å²) in [5.41, 5.74) is 1.39. The SMILES string of the molecule is COc1cccc2sc(NC(=O)/C=C\c3ccc([N+](=O)[O-])cc3)nc12. The molecule has 3 aromatic rings. The van der Waals surface area contributed by atoms with E-state index in [0.717, 1.165) is 4.70 Å². The Morgan fingerprint density at radius 1 is 1.28 bits per heavy atom. The molecule has 1 aromatic heterocycles. The van der Waals surface area contributed by atoms with E-state index in [0.29, 0.717) is 22.0 Å². The van der Waals surface area contributed by atoms with Gasteiger partial charge in [0.2, 0.25) is 5.91 Å². The van der Waals surface area contributed by atoms with Crippen LogP contribution in [0.25, 0.3) is 16.3 Å². The number of nitrogens with one attached hydrogen (secondary N) is 1. The predicted octanol–water partition coefficient (Wildman–Crippen LogP) is 3.87. The molecular weight excluding hydrogens is 342 g/mol. The smallest absolute Gasteiger partial charge is 0.269 e. The molecule has 1 heterocycles. The molecule has 7 nitrogen and oxygen atoms in total. The highest BCUT2D eigenvalue weighted by molar-refractivity contribution is 7.22. The summed E-state index contributed by atoms with van der Waals surface area (Å²) in [7, 11) is 1.57. The lowest BCUT2D eigenvalue weighted by molar-refractivity contribution is -0.384. The molecule has 0 aliphatic rings. The van der Waals surface area contributed by atoms with Gasteiger partial charge in [0.1, 0.15) is 11.3 Å². The summed E-state index contributed by atoms with van der Waals surface area (Å²) >= 11 is 1.35. The van der Waals surface area contributed by atoms with Gasteiger partial charge in [-0.15, -0.1) is 0 Å². The van der Waals surface area contributed by atoms with E-state index in [1.165, 1.54) is 29.5 Å². The van der Waals surface area contributed by atoms with Crippen LogP contribution >= 0.6 is 11.3 Å². The number of ether oxygens (including phenoxy) is 1. The monoisotopic (exact) mass is 355 g/mol. The Bertz CT molecular complexity index is 964. The molecule has 1 N–H and O–H groups in total. The molecule has 2 aromatic carbocycles. The Morgan fingerprint density at radius 2 is 2.04 bits per heavy atom. The van der Waals surface area contributed by atoms with Gasteiger partial charge in [-0.05, 0) is 35.9 Å². The van der Waals surface area contributed by atoms with Crippen LogP contribution in [-0.4, -0.2) is 22.9 Å². The first-order valence-corrected chi connectivity index (χ1v) is 8.05. The average molecular weight is 355 g/mol. The minimum absolute atomic E-state index is 0.00465. The predicted molar refractivity (Wildman–Crippen MR) is 96.9 cm³/mol. The van der Waals surface area contributed by atoms with Gasteiger partial charge >= 0.3 is 0 Å². The van der Waals surface area contributed by atoms with Gasteiger partial charge in [-0.2, -0.15) is 0 Å². The largest absolute Gasteiger partial charge is 0.494 e.